The molecule has 1 aliphatic heterocycles. The molecule has 1 aliphatic rings. The second-order valence-corrected chi connectivity index (χ2v) is 7.07. The summed E-state index contributed by atoms with van der Waals surface area (Å²) in [5.74, 6) is 0. The fraction of sp³-hybridized carbons (Fsp3) is 0.308. The van der Waals surface area contributed by atoms with Crippen molar-refractivity contribution in [3.05, 3.63) is 39.7 Å². The first-order chi connectivity index (χ1) is 10.00. The monoisotopic (exact) mass is 364 g/mol. The van der Waals surface area contributed by atoms with E-state index >= 15 is 0 Å². The highest BCUT2D eigenvalue weighted by Crippen LogP contribution is 2.20. The van der Waals surface area contributed by atoms with Crippen molar-refractivity contribution in [3.63, 3.8) is 0 Å². The molecule has 1 saturated heterocycles. The third kappa shape index (κ3) is 3.00. The maximum atomic E-state index is 12.5. The van der Waals surface area contributed by atoms with Gasteiger partial charge in [0.15, 0.2) is 4.90 Å². The second kappa shape index (κ2) is 6.55. The number of nitrogens with zero attached hydrogens (tertiary/aromatic N) is 1. The summed E-state index contributed by atoms with van der Waals surface area (Å²) in [5, 5.41) is 3.69. The number of hydrogen-bond acceptors (Lipinski definition) is 5. The highest BCUT2D eigenvalue weighted by Gasteiger charge is 2.29. The van der Waals surface area contributed by atoms with Crippen LogP contribution in [0.15, 0.2) is 38.6 Å². The summed E-state index contributed by atoms with van der Waals surface area (Å²) in [7, 11) is -3.84. The maximum absolute atomic E-state index is 12.5. The standard InChI is InChI=1S/C13H13ClN2O4S.ClH/c14-9-1-2-10-11(7-9)20-8-12(13(10)17)21(18,19)16-5-3-15-4-6-16;/h1-2,7-8,15H,3-6H2;1H. The lowest BCUT2D eigenvalue weighted by molar-refractivity contribution is 0.359. The van der Waals surface area contributed by atoms with Gasteiger partial charge in [-0.05, 0) is 12.1 Å². The molecule has 1 aromatic heterocycles. The molecule has 0 radical (unpaired) electrons. The van der Waals surface area contributed by atoms with Crippen molar-refractivity contribution >= 4 is 45.0 Å². The van der Waals surface area contributed by atoms with Gasteiger partial charge < -0.3 is 9.73 Å². The predicted octanol–water partition coefficient (Wildman–Crippen LogP) is 1.46. The minimum Gasteiger partial charge on any atom is -0.463 e. The van der Waals surface area contributed by atoms with Crippen LogP contribution in [0.2, 0.25) is 5.02 Å². The zero-order valence-electron chi connectivity index (χ0n) is 11.4. The van der Waals surface area contributed by atoms with Gasteiger partial charge in [0.1, 0.15) is 11.8 Å². The fourth-order valence-electron chi connectivity index (χ4n) is 2.29. The Labute approximate surface area is 138 Å². The quantitative estimate of drug-likeness (QED) is 0.872. The molecule has 1 N–H and O–H groups in total. The lowest BCUT2D eigenvalue weighted by Crippen LogP contribution is -2.47. The first kappa shape index (κ1) is 17.2. The van der Waals surface area contributed by atoms with Crippen LogP contribution in [0.4, 0.5) is 0 Å². The summed E-state index contributed by atoms with van der Waals surface area (Å²) in [4.78, 5) is 12.1. The van der Waals surface area contributed by atoms with Crippen LogP contribution in [0.1, 0.15) is 0 Å². The molecule has 0 amide bonds. The van der Waals surface area contributed by atoms with Crippen molar-refractivity contribution in [2.75, 3.05) is 26.2 Å². The number of fused-ring (bicyclic) bond motifs is 1. The van der Waals surface area contributed by atoms with Gasteiger partial charge in [0, 0.05) is 37.3 Å². The summed E-state index contributed by atoms with van der Waals surface area (Å²) in [6, 6.07) is 4.49. The van der Waals surface area contributed by atoms with E-state index in [1.807, 2.05) is 0 Å². The molecule has 0 spiro atoms. The Morgan fingerprint density at radius 2 is 1.91 bits per heavy atom. The van der Waals surface area contributed by atoms with Crippen molar-refractivity contribution in [2.24, 2.45) is 0 Å². The minimum atomic E-state index is -3.84. The van der Waals surface area contributed by atoms with Crippen LogP contribution >= 0.6 is 24.0 Å². The molecule has 0 unspecified atom stereocenters. The minimum absolute atomic E-state index is 0. The van der Waals surface area contributed by atoms with E-state index in [0.29, 0.717) is 31.2 Å². The van der Waals surface area contributed by atoms with E-state index in [4.69, 9.17) is 16.0 Å². The highest BCUT2D eigenvalue weighted by atomic mass is 35.5. The van der Waals surface area contributed by atoms with Gasteiger partial charge >= 0.3 is 0 Å². The molecule has 2 heterocycles. The van der Waals surface area contributed by atoms with E-state index in [0.717, 1.165) is 6.26 Å². The average molecular weight is 365 g/mol. The van der Waals surface area contributed by atoms with Gasteiger partial charge in [-0.25, -0.2) is 8.42 Å². The lowest BCUT2D eigenvalue weighted by Gasteiger charge is -2.26. The summed E-state index contributed by atoms with van der Waals surface area (Å²) in [6.45, 7) is 1.79. The largest absolute Gasteiger partial charge is 0.463 e. The summed E-state index contributed by atoms with van der Waals surface area (Å²) in [5.41, 5.74) is -0.293. The van der Waals surface area contributed by atoms with Crippen molar-refractivity contribution < 1.29 is 12.8 Å². The number of halogens is 2. The van der Waals surface area contributed by atoms with Crippen molar-refractivity contribution in [1.29, 1.82) is 0 Å². The van der Waals surface area contributed by atoms with E-state index in [9.17, 15) is 13.2 Å². The van der Waals surface area contributed by atoms with Gasteiger partial charge in [0.25, 0.3) is 0 Å². The molecule has 0 atom stereocenters. The third-order valence-electron chi connectivity index (χ3n) is 3.40. The molecule has 3 rings (SSSR count). The average Bonchev–Trinajstić information content (AvgIpc) is 2.48. The van der Waals surface area contributed by atoms with Gasteiger partial charge in [-0.15, -0.1) is 12.4 Å². The maximum Gasteiger partial charge on any atom is 0.250 e. The number of nitrogens with one attached hydrogen (secondary N) is 1. The first-order valence-corrected chi connectivity index (χ1v) is 8.24. The van der Waals surface area contributed by atoms with E-state index in [2.05, 4.69) is 5.32 Å². The first-order valence-electron chi connectivity index (χ1n) is 6.42. The zero-order chi connectivity index (χ0) is 15.0. The van der Waals surface area contributed by atoms with Crippen LogP contribution in [-0.2, 0) is 10.0 Å². The van der Waals surface area contributed by atoms with E-state index < -0.39 is 15.5 Å². The molecule has 0 bridgehead atoms. The Morgan fingerprint density at radius 3 is 2.59 bits per heavy atom. The van der Waals surface area contributed by atoms with Crippen LogP contribution in [0, 0.1) is 0 Å². The number of rotatable bonds is 2. The molecular weight excluding hydrogens is 351 g/mol. The van der Waals surface area contributed by atoms with Crippen LogP contribution in [0.5, 0.6) is 0 Å². The zero-order valence-corrected chi connectivity index (χ0v) is 13.8. The van der Waals surface area contributed by atoms with Crippen LogP contribution in [0.3, 0.4) is 0 Å². The van der Waals surface area contributed by atoms with E-state index in [1.54, 1.807) is 0 Å². The fourth-order valence-corrected chi connectivity index (χ4v) is 3.90. The van der Waals surface area contributed by atoms with Crippen molar-refractivity contribution in [3.8, 4) is 0 Å². The van der Waals surface area contributed by atoms with Crippen molar-refractivity contribution in [2.45, 2.75) is 4.90 Å². The molecule has 1 aromatic carbocycles. The molecule has 9 heteroatoms. The molecule has 1 fully saturated rings. The number of hydrogen-bond donors (Lipinski definition) is 1. The van der Waals surface area contributed by atoms with Gasteiger partial charge in [0.2, 0.25) is 15.5 Å². The highest BCUT2D eigenvalue weighted by molar-refractivity contribution is 7.89. The van der Waals surface area contributed by atoms with Crippen LogP contribution in [-0.4, -0.2) is 38.9 Å². The molecular formula is C13H14Cl2N2O4S. The van der Waals surface area contributed by atoms with Gasteiger partial charge in [-0.1, -0.05) is 11.6 Å². The summed E-state index contributed by atoms with van der Waals surface area (Å²) < 4.78 is 31.6. The number of piperazine rings is 1. The third-order valence-corrected chi connectivity index (χ3v) is 5.52. The Balaban J connectivity index is 0.00000176. The van der Waals surface area contributed by atoms with E-state index in [1.165, 1.54) is 22.5 Å². The Morgan fingerprint density at radius 1 is 1.23 bits per heavy atom. The summed E-state index contributed by atoms with van der Waals surface area (Å²) in [6.07, 6.45) is 0.998. The van der Waals surface area contributed by atoms with Gasteiger partial charge in [-0.3, -0.25) is 4.79 Å². The predicted molar refractivity (Wildman–Crippen MR) is 86.4 cm³/mol. The Hall–Kier alpha value is -1.12. The molecule has 120 valence electrons. The lowest BCUT2D eigenvalue weighted by atomic mass is 10.2. The molecule has 22 heavy (non-hydrogen) atoms. The Kier molecular flexibility index (Phi) is 5.14. The topological polar surface area (TPSA) is 79.6 Å². The molecule has 2 aromatic rings. The Bertz CT molecular complexity index is 845. The van der Waals surface area contributed by atoms with Gasteiger partial charge in [-0.2, -0.15) is 4.31 Å². The van der Waals surface area contributed by atoms with Crippen LogP contribution < -0.4 is 10.7 Å². The van der Waals surface area contributed by atoms with Crippen molar-refractivity contribution in [1.82, 2.24) is 9.62 Å². The summed E-state index contributed by atoms with van der Waals surface area (Å²) >= 11 is 5.83. The normalized spacial score (nSPS) is 16.4. The molecule has 6 nitrogen and oxygen atoms in total. The van der Waals surface area contributed by atoms with Gasteiger partial charge in [0.05, 0.1) is 5.39 Å². The van der Waals surface area contributed by atoms with Crippen LogP contribution in [0.25, 0.3) is 11.0 Å². The number of benzene rings is 1. The van der Waals surface area contributed by atoms with E-state index in [-0.39, 0.29) is 28.3 Å². The number of sulfonamides is 1. The molecule has 0 aliphatic carbocycles. The molecule has 0 saturated carbocycles. The second-order valence-electron chi connectivity index (χ2n) is 4.72. The smallest absolute Gasteiger partial charge is 0.250 e. The SMILES string of the molecule is Cl.O=c1c(S(=O)(=O)N2CCNCC2)coc2cc(Cl)ccc12.